The van der Waals surface area contributed by atoms with Gasteiger partial charge in [0, 0.05) is 11.1 Å². The third-order valence-electron chi connectivity index (χ3n) is 4.70. The maximum atomic E-state index is 13.3. The number of ether oxygens (including phenoxy) is 2. The van der Waals surface area contributed by atoms with Gasteiger partial charge in [0.1, 0.15) is 6.29 Å². The van der Waals surface area contributed by atoms with Gasteiger partial charge in [0.25, 0.3) is 0 Å². The summed E-state index contributed by atoms with van der Waals surface area (Å²) >= 11 is 0. The third kappa shape index (κ3) is 3.21. The summed E-state index contributed by atoms with van der Waals surface area (Å²) in [5, 5.41) is 0. The van der Waals surface area contributed by atoms with E-state index < -0.39 is 0 Å². The Balaban J connectivity index is 1.97. The Morgan fingerprint density at radius 2 is 1.36 bits per heavy atom. The highest BCUT2D eigenvalue weighted by atomic mass is 16.7. The van der Waals surface area contributed by atoms with Gasteiger partial charge in [0.2, 0.25) is 6.79 Å². The molecule has 0 spiro atoms. The maximum absolute atomic E-state index is 13.3. The van der Waals surface area contributed by atoms with E-state index in [1.54, 1.807) is 31.2 Å². The van der Waals surface area contributed by atoms with Crippen molar-refractivity contribution in [2.75, 3.05) is 6.79 Å². The van der Waals surface area contributed by atoms with Crippen LogP contribution in [0.4, 0.5) is 0 Å². The first kappa shape index (κ1) is 17.7. The second-order valence-electron chi connectivity index (χ2n) is 6.49. The second kappa shape index (κ2) is 7.53. The molecule has 1 aliphatic rings. The van der Waals surface area contributed by atoms with Gasteiger partial charge in [-0.1, -0.05) is 60.7 Å². The number of fused-ring (bicyclic) bond motifs is 1. The Morgan fingerprint density at radius 3 is 1.93 bits per heavy atom. The Labute approximate surface area is 163 Å². The van der Waals surface area contributed by atoms with Crippen LogP contribution in [0.25, 0.3) is 5.57 Å². The second-order valence-corrected chi connectivity index (χ2v) is 6.49. The van der Waals surface area contributed by atoms with Gasteiger partial charge in [0.05, 0.1) is 0 Å². The number of rotatable bonds is 5. The molecule has 0 fully saturated rings. The summed E-state index contributed by atoms with van der Waals surface area (Å²) < 4.78 is 11.0. The van der Waals surface area contributed by atoms with Gasteiger partial charge in [-0.3, -0.25) is 9.59 Å². The molecule has 0 saturated heterocycles. The minimum atomic E-state index is -0.138. The molecule has 0 aromatic heterocycles. The van der Waals surface area contributed by atoms with Gasteiger partial charge in [-0.2, -0.15) is 0 Å². The third-order valence-corrected chi connectivity index (χ3v) is 4.70. The molecule has 4 nitrogen and oxygen atoms in total. The van der Waals surface area contributed by atoms with Crippen molar-refractivity contribution in [2.24, 2.45) is 0 Å². The molecule has 4 heteroatoms. The van der Waals surface area contributed by atoms with E-state index in [-0.39, 0.29) is 12.6 Å². The molecule has 28 heavy (non-hydrogen) atoms. The zero-order valence-corrected chi connectivity index (χ0v) is 15.3. The number of hydrogen-bond acceptors (Lipinski definition) is 4. The minimum Gasteiger partial charge on any atom is -0.454 e. The number of carbonyl (C=O) groups is 2. The molecule has 3 aromatic carbocycles. The lowest BCUT2D eigenvalue weighted by Crippen LogP contribution is -2.07. The van der Waals surface area contributed by atoms with Crippen molar-refractivity contribution in [3.05, 3.63) is 101 Å². The van der Waals surface area contributed by atoms with Gasteiger partial charge < -0.3 is 9.47 Å². The smallest absolute Gasteiger partial charge is 0.231 e. The number of carbonyl (C=O) groups excluding carboxylic acids is 2. The van der Waals surface area contributed by atoms with Crippen molar-refractivity contribution >= 4 is 17.6 Å². The topological polar surface area (TPSA) is 52.6 Å². The van der Waals surface area contributed by atoms with E-state index in [1.807, 2.05) is 48.5 Å². The monoisotopic (exact) mass is 370 g/mol. The summed E-state index contributed by atoms with van der Waals surface area (Å²) in [6.45, 7) is 1.85. The number of allylic oxidation sites excluding steroid dienone is 1. The van der Waals surface area contributed by atoms with Crippen LogP contribution in [0.3, 0.4) is 0 Å². The zero-order chi connectivity index (χ0) is 19.5. The first-order valence-electron chi connectivity index (χ1n) is 8.94. The van der Waals surface area contributed by atoms with E-state index in [0.717, 1.165) is 11.8 Å². The molecular formula is C24H18O4. The van der Waals surface area contributed by atoms with Crippen LogP contribution >= 0.6 is 0 Å². The number of ketones is 1. The van der Waals surface area contributed by atoms with Crippen molar-refractivity contribution in [3.8, 4) is 11.5 Å². The van der Waals surface area contributed by atoms with Gasteiger partial charge >= 0.3 is 0 Å². The van der Waals surface area contributed by atoms with E-state index in [9.17, 15) is 9.59 Å². The van der Waals surface area contributed by atoms with Crippen LogP contribution in [0.15, 0.2) is 78.4 Å². The molecule has 0 amide bonds. The average Bonchev–Trinajstić information content (AvgIpc) is 3.21. The molecule has 0 bridgehead atoms. The molecular weight excluding hydrogens is 352 g/mol. The fourth-order valence-corrected chi connectivity index (χ4v) is 3.34. The van der Waals surface area contributed by atoms with E-state index in [4.69, 9.17) is 9.47 Å². The van der Waals surface area contributed by atoms with E-state index in [2.05, 4.69) is 0 Å². The summed E-state index contributed by atoms with van der Waals surface area (Å²) in [7, 11) is 0. The highest BCUT2D eigenvalue weighted by Crippen LogP contribution is 2.40. The van der Waals surface area contributed by atoms with Crippen molar-refractivity contribution < 1.29 is 19.1 Å². The van der Waals surface area contributed by atoms with E-state index in [1.165, 1.54) is 0 Å². The Morgan fingerprint density at radius 1 is 0.821 bits per heavy atom. The lowest BCUT2D eigenvalue weighted by molar-refractivity contribution is -0.104. The van der Waals surface area contributed by atoms with Crippen LogP contribution in [0, 0.1) is 0 Å². The molecule has 0 N–H and O–H groups in total. The van der Waals surface area contributed by atoms with Crippen LogP contribution in [-0.4, -0.2) is 18.9 Å². The van der Waals surface area contributed by atoms with Gasteiger partial charge in [-0.15, -0.1) is 0 Å². The normalized spacial score (nSPS) is 13.0. The fourth-order valence-electron chi connectivity index (χ4n) is 3.34. The van der Waals surface area contributed by atoms with Gasteiger partial charge in [-0.25, -0.2) is 0 Å². The first-order valence-corrected chi connectivity index (χ1v) is 8.94. The van der Waals surface area contributed by atoms with Gasteiger partial charge in [0.15, 0.2) is 17.3 Å². The van der Waals surface area contributed by atoms with Crippen molar-refractivity contribution in [1.29, 1.82) is 0 Å². The predicted molar refractivity (Wildman–Crippen MR) is 107 cm³/mol. The SMILES string of the molecule is C/C(C=O)=C(\c1ccccc1)c1cc2c(cc1C(=O)c1ccccc1)OCO2. The molecule has 1 aliphatic heterocycles. The lowest BCUT2D eigenvalue weighted by Gasteiger charge is -2.16. The number of hydrogen-bond donors (Lipinski definition) is 0. The Bertz CT molecular complexity index is 1070. The molecule has 138 valence electrons. The summed E-state index contributed by atoms with van der Waals surface area (Å²) in [4.78, 5) is 25.0. The fraction of sp³-hybridized carbons (Fsp3) is 0.0833. The van der Waals surface area contributed by atoms with E-state index in [0.29, 0.717) is 39.3 Å². The number of benzene rings is 3. The predicted octanol–water partition coefficient (Wildman–Crippen LogP) is 4.67. The highest BCUT2D eigenvalue weighted by Gasteiger charge is 2.25. The van der Waals surface area contributed by atoms with Crippen LogP contribution < -0.4 is 9.47 Å². The molecule has 0 aliphatic carbocycles. The Kier molecular flexibility index (Phi) is 4.77. The number of aldehydes is 1. The van der Waals surface area contributed by atoms with Crippen molar-refractivity contribution in [2.45, 2.75) is 6.92 Å². The average molecular weight is 370 g/mol. The molecule has 0 radical (unpaired) electrons. The van der Waals surface area contributed by atoms with Crippen LogP contribution in [0.2, 0.25) is 0 Å². The highest BCUT2D eigenvalue weighted by molar-refractivity contribution is 6.13. The summed E-state index contributed by atoms with van der Waals surface area (Å²) in [6, 6.07) is 22.1. The van der Waals surface area contributed by atoms with Gasteiger partial charge in [-0.05, 0) is 41.3 Å². The zero-order valence-electron chi connectivity index (χ0n) is 15.3. The quantitative estimate of drug-likeness (QED) is 0.372. The van der Waals surface area contributed by atoms with Crippen molar-refractivity contribution in [1.82, 2.24) is 0 Å². The molecule has 4 rings (SSSR count). The van der Waals surface area contributed by atoms with E-state index >= 15 is 0 Å². The minimum absolute atomic E-state index is 0.106. The standard InChI is InChI=1S/C24H18O4/c1-16(14-25)23(17-8-4-2-5-9-17)19-12-21-22(28-15-27-21)13-20(19)24(26)18-10-6-3-7-11-18/h2-14H,15H2,1H3/b23-16-. The molecule has 3 aromatic rings. The molecule has 0 saturated carbocycles. The summed E-state index contributed by atoms with van der Waals surface area (Å²) in [5.74, 6) is 0.951. The molecule has 1 heterocycles. The first-order chi connectivity index (χ1) is 13.7. The summed E-state index contributed by atoms with van der Waals surface area (Å²) in [6.07, 6.45) is 0.809. The maximum Gasteiger partial charge on any atom is 0.231 e. The van der Waals surface area contributed by atoms with Crippen molar-refractivity contribution in [3.63, 3.8) is 0 Å². The van der Waals surface area contributed by atoms with Crippen LogP contribution in [0.1, 0.15) is 34.0 Å². The summed E-state index contributed by atoms with van der Waals surface area (Å²) in [5.41, 5.74) is 3.77. The Hall–Kier alpha value is -3.66. The molecule has 0 atom stereocenters. The molecule has 0 unspecified atom stereocenters. The van der Waals surface area contributed by atoms with Crippen LogP contribution in [-0.2, 0) is 4.79 Å². The largest absolute Gasteiger partial charge is 0.454 e. The lowest BCUT2D eigenvalue weighted by atomic mass is 9.87. The van der Waals surface area contributed by atoms with Crippen LogP contribution in [0.5, 0.6) is 11.5 Å².